The highest BCUT2D eigenvalue weighted by Gasteiger charge is 2.26. The maximum Gasteiger partial charge on any atom is 0.224 e. The first-order valence-electron chi connectivity index (χ1n) is 8.32. The van der Waals surface area contributed by atoms with E-state index in [2.05, 4.69) is 39.6 Å². The number of nitrogens with zero attached hydrogens (tertiary/aromatic N) is 3. The molecule has 2 aromatic rings. The fraction of sp³-hybridized carbons (Fsp3) is 0.444. The van der Waals surface area contributed by atoms with Crippen molar-refractivity contribution in [2.24, 2.45) is 0 Å². The van der Waals surface area contributed by atoms with Gasteiger partial charge in [-0.2, -0.15) is 4.98 Å². The van der Waals surface area contributed by atoms with Gasteiger partial charge in [0.05, 0.1) is 5.69 Å². The summed E-state index contributed by atoms with van der Waals surface area (Å²) in [6, 6.07) is 7.99. The summed E-state index contributed by atoms with van der Waals surface area (Å²) >= 11 is 6.21. The Morgan fingerprint density at radius 1 is 1.21 bits per heavy atom. The van der Waals surface area contributed by atoms with Crippen LogP contribution in [0.2, 0.25) is 5.02 Å². The predicted molar refractivity (Wildman–Crippen MR) is 101 cm³/mol. The third-order valence-corrected chi connectivity index (χ3v) is 4.44. The number of likely N-dealkylation sites (N-methyl/N-ethyl adjacent to an activating group) is 1. The van der Waals surface area contributed by atoms with Gasteiger partial charge in [-0.15, -0.1) is 0 Å². The molecular formula is C18H24ClN5. The summed E-state index contributed by atoms with van der Waals surface area (Å²) < 4.78 is 0. The molecule has 1 heterocycles. The van der Waals surface area contributed by atoms with Gasteiger partial charge in [-0.3, -0.25) is 0 Å². The van der Waals surface area contributed by atoms with Gasteiger partial charge in [0, 0.05) is 35.8 Å². The lowest BCUT2D eigenvalue weighted by molar-refractivity contribution is 0.425. The monoisotopic (exact) mass is 345 g/mol. The van der Waals surface area contributed by atoms with Crippen molar-refractivity contribution < 1.29 is 0 Å². The van der Waals surface area contributed by atoms with Crippen molar-refractivity contribution in [3.8, 4) is 0 Å². The molecule has 1 aliphatic rings. The Kier molecular flexibility index (Phi) is 5.21. The zero-order chi connectivity index (χ0) is 17.1. The average molecular weight is 346 g/mol. The fourth-order valence-electron chi connectivity index (χ4n) is 2.41. The number of nitrogens with one attached hydrogen (secondary N) is 2. The van der Waals surface area contributed by atoms with Crippen molar-refractivity contribution in [1.82, 2.24) is 14.9 Å². The first kappa shape index (κ1) is 17.0. The van der Waals surface area contributed by atoms with Gasteiger partial charge >= 0.3 is 0 Å². The maximum absolute atomic E-state index is 6.21. The summed E-state index contributed by atoms with van der Waals surface area (Å²) in [5.74, 6) is 2.06. The normalized spacial score (nSPS) is 14.0. The number of rotatable bonds is 7. The molecule has 0 radical (unpaired) electrons. The van der Waals surface area contributed by atoms with Crippen molar-refractivity contribution >= 4 is 29.1 Å². The number of benzene rings is 1. The lowest BCUT2D eigenvalue weighted by atomic mass is 10.2. The largest absolute Gasteiger partial charge is 0.353 e. The molecular weight excluding hydrogens is 322 g/mol. The Hall–Kier alpha value is -1.85. The second-order valence-corrected chi connectivity index (χ2v) is 7.00. The van der Waals surface area contributed by atoms with Crippen molar-refractivity contribution in [2.75, 3.05) is 37.8 Å². The van der Waals surface area contributed by atoms with Gasteiger partial charge in [-0.1, -0.05) is 17.7 Å². The molecule has 1 aliphatic carbocycles. The van der Waals surface area contributed by atoms with E-state index in [1.807, 2.05) is 31.2 Å². The Bertz CT molecular complexity index is 713. The van der Waals surface area contributed by atoms with Gasteiger partial charge in [0.1, 0.15) is 5.82 Å². The van der Waals surface area contributed by atoms with E-state index < -0.39 is 0 Å². The van der Waals surface area contributed by atoms with Crippen molar-refractivity contribution in [2.45, 2.75) is 25.7 Å². The molecule has 1 aromatic heterocycles. The van der Waals surface area contributed by atoms with Gasteiger partial charge in [-0.05, 0) is 51.6 Å². The molecule has 0 amide bonds. The topological polar surface area (TPSA) is 53.1 Å². The van der Waals surface area contributed by atoms with E-state index in [0.29, 0.717) is 11.9 Å². The third-order valence-electron chi connectivity index (χ3n) is 4.03. The molecule has 1 saturated carbocycles. The number of hydrogen-bond acceptors (Lipinski definition) is 5. The number of hydrogen-bond donors (Lipinski definition) is 2. The second kappa shape index (κ2) is 7.36. The van der Waals surface area contributed by atoms with Crippen LogP contribution in [0.1, 0.15) is 30.0 Å². The minimum absolute atomic E-state index is 0.574. The van der Waals surface area contributed by atoms with Gasteiger partial charge in [-0.25, -0.2) is 4.98 Å². The summed E-state index contributed by atoms with van der Waals surface area (Å²) in [6.07, 6.45) is 2.42. The van der Waals surface area contributed by atoms with Crippen LogP contribution in [-0.4, -0.2) is 42.1 Å². The summed E-state index contributed by atoms with van der Waals surface area (Å²) in [6.45, 7) is 3.75. The van der Waals surface area contributed by atoms with Gasteiger partial charge in [0.25, 0.3) is 0 Å². The van der Waals surface area contributed by atoms with Gasteiger partial charge < -0.3 is 15.5 Å². The van der Waals surface area contributed by atoms with Crippen LogP contribution in [0.25, 0.3) is 0 Å². The van der Waals surface area contributed by atoms with Crippen molar-refractivity contribution in [3.63, 3.8) is 0 Å². The third kappa shape index (κ3) is 4.58. The molecule has 0 atom stereocenters. The first-order valence-corrected chi connectivity index (χ1v) is 8.70. The average Bonchev–Trinajstić information content (AvgIpc) is 3.35. The molecule has 3 rings (SSSR count). The Labute approximate surface area is 148 Å². The Balaban J connectivity index is 1.77. The van der Waals surface area contributed by atoms with E-state index in [1.54, 1.807) is 0 Å². The molecule has 1 fully saturated rings. The summed E-state index contributed by atoms with van der Waals surface area (Å²) in [5.41, 5.74) is 3.11. The highest BCUT2D eigenvalue weighted by molar-refractivity contribution is 6.31. The molecule has 1 aromatic carbocycles. The Morgan fingerprint density at radius 2 is 2.00 bits per heavy atom. The van der Waals surface area contributed by atoms with E-state index in [0.717, 1.165) is 40.9 Å². The molecule has 0 bridgehead atoms. The molecule has 128 valence electrons. The number of anilines is 3. The van der Waals surface area contributed by atoms with Crippen LogP contribution in [0, 0.1) is 6.92 Å². The highest BCUT2D eigenvalue weighted by atomic mass is 35.5. The number of halogens is 1. The molecule has 2 N–H and O–H groups in total. The second-order valence-electron chi connectivity index (χ2n) is 6.59. The van der Waals surface area contributed by atoms with Crippen LogP contribution < -0.4 is 10.6 Å². The van der Waals surface area contributed by atoms with Gasteiger partial charge in [0.2, 0.25) is 5.95 Å². The molecule has 0 unspecified atom stereocenters. The molecule has 0 spiro atoms. The standard InChI is InChI=1S/C18H24ClN5/c1-12-4-7-14(10-15(12)19)21-17-11-16(13-5-6-13)22-18(23-17)20-8-9-24(2)3/h4,7,10-11,13H,5-6,8-9H2,1-3H3,(H2,20,21,22,23). The SMILES string of the molecule is Cc1ccc(Nc2cc(C3CC3)nc(NCCN(C)C)n2)cc1Cl. The quantitative estimate of drug-likeness (QED) is 0.793. The van der Waals surface area contributed by atoms with E-state index in [4.69, 9.17) is 11.6 Å². The lowest BCUT2D eigenvalue weighted by Crippen LogP contribution is -2.21. The van der Waals surface area contributed by atoms with Crippen LogP contribution >= 0.6 is 11.6 Å². The van der Waals surface area contributed by atoms with Crippen LogP contribution in [0.5, 0.6) is 0 Å². The molecule has 0 aliphatic heterocycles. The van der Waals surface area contributed by atoms with Crippen LogP contribution in [0.4, 0.5) is 17.5 Å². The molecule has 24 heavy (non-hydrogen) atoms. The molecule has 5 nitrogen and oxygen atoms in total. The highest BCUT2D eigenvalue weighted by Crippen LogP contribution is 2.40. The van der Waals surface area contributed by atoms with Crippen LogP contribution in [-0.2, 0) is 0 Å². The number of aryl methyl sites for hydroxylation is 1. The van der Waals surface area contributed by atoms with E-state index in [-0.39, 0.29) is 0 Å². The van der Waals surface area contributed by atoms with E-state index in [1.165, 1.54) is 12.8 Å². The van der Waals surface area contributed by atoms with Crippen LogP contribution in [0.15, 0.2) is 24.3 Å². The van der Waals surface area contributed by atoms with Crippen LogP contribution in [0.3, 0.4) is 0 Å². The first-order chi connectivity index (χ1) is 11.5. The fourth-order valence-corrected chi connectivity index (χ4v) is 2.59. The zero-order valence-electron chi connectivity index (χ0n) is 14.4. The van der Waals surface area contributed by atoms with Crippen molar-refractivity contribution in [3.05, 3.63) is 40.5 Å². The summed E-state index contributed by atoms with van der Waals surface area (Å²) in [7, 11) is 4.11. The lowest BCUT2D eigenvalue weighted by Gasteiger charge is -2.13. The summed E-state index contributed by atoms with van der Waals surface area (Å²) in [5, 5.41) is 7.42. The molecule has 0 saturated heterocycles. The van der Waals surface area contributed by atoms with E-state index >= 15 is 0 Å². The number of aromatic nitrogens is 2. The zero-order valence-corrected chi connectivity index (χ0v) is 15.2. The smallest absolute Gasteiger partial charge is 0.224 e. The van der Waals surface area contributed by atoms with Gasteiger partial charge in [0.15, 0.2) is 0 Å². The minimum atomic E-state index is 0.574. The maximum atomic E-state index is 6.21. The Morgan fingerprint density at radius 3 is 2.67 bits per heavy atom. The predicted octanol–water partition coefficient (Wildman–Crippen LogP) is 4.03. The van der Waals surface area contributed by atoms with E-state index in [9.17, 15) is 0 Å². The minimum Gasteiger partial charge on any atom is -0.353 e. The van der Waals surface area contributed by atoms with Crippen molar-refractivity contribution in [1.29, 1.82) is 0 Å². The summed E-state index contributed by atoms with van der Waals surface area (Å²) in [4.78, 5) is 11.4. The molecule has 6 heteroatoms.